The average Bonchev–Trinajstić information content (AvgIpc) is 3.02. The summed E-state index contributed by atoms with van der Waals surface area (Å²) < 4.78 is 5.03. The molecule has 2 aliphatic rings. The Morgan fingerprint density at radius 1 is 0.806 bits per heavy atom. The fraction of sp³-hybridized carbons (Fsp3) is 0.821. The summed E-state index contributed by atoms with van der Waals surface area (Å²) in [6.07, 6.45) is 11.6. The number of esters is 1. The SMILES string of the molecule is CC(=O)OCCC[Si]1(C)CC(C)C=CC(C)C1.CC1C=CC(C)C[Si](C)(CCCO)C1.CO.C[O-].[Na+]. The molecule has 2 rings (SSSR count). The topological polar surface area (TPSA) is 89.8 Å². The maximum atomic E-state index is 10.7. The Hall–Kier alpha value is 0.264. The molecular weight excluding hydrogens is 495 g/mol. The van der Waals surface area contributed by atoms with Crippen molar-refractivity contribution in [2.45, 2.75) is 96.8 Å². The van der Waals surface area contributed by atoms with Crippen LogP contribution in [0.15, 0.2) is 24.3 Å². The summed E-state index contributed by atoms with van der Waals surface area (Å²) in [7, 11) is -0.445. The zero-order valence-corrected chi connectivity index (χ0v) is 29.3. The van der Waals surface area contributed by atoms with Gasteiger partial charge in [0, 0.05) is 20.6 Å². The van der Waals surface area contributed by atoms with Crippen molar-refractivity contribution in [2.75, 3.05) is 27.4 Å². The maximum Gasteiger partial charge on any atom is 1.00 e. The summed E-state index contributed by atoms with van der Waals surface area (Å²) in [6.45, 7) is 16.8. The van der Waals surface area contributed by atoms with Gasteiger partial charge in [-0.15, -0.1) is 0 Å². The van der Waals surface area contributed by atoms with E-state index in [2.05, 4.69) is 65.1 Å². The monoisotopic (exact) mass is 552 g/mol. The Labute approximate surface area is 247 Å². The van der Waals surface area contributed by atoms with Gasteiger partial charge < -0.3 is 20.1 Å². The molecule has 0 fully saturated rings. The van der Waals surface area contributed by atoms with Crippen LogP contribution in [0.5, 0.6) is 0 Å². The van der Waals surface area contributed by atoms with Gasteiger partial charge in [-0.25, -0.2) is 0 Å². The van der Waals surface area contributed by atoms with Crippen LogP contribution in [0, 0.1) is 23.7 Å². The van der Waals surface area contributed by atoms with E-state index in [1.54, 1.807) is 0 Å². The molecule has 4 atom stereocenters. The number of aliphatic hydroxyl groups is 2. The first-order valence-electron chi connectivity index (χ1n) is 13.4. The summed E-state index contributed by atoms with van der Waals surface area (Å²) in [5.74, 6) is 2.82. The van der Waals surface area contributed by atoms with Crippen molar-refractivity contribution in [3.8, 4) is 0 Å². The maximum absolute atomic E-state index is 10.7. The third-order valence-corrected chi connectivity index (χ3v) is 16.6. The number of ether oxygens (including phenoxy) is 1. The summed E-state index contributed by atoms with van der Waals surface area (Å²) in [4.78, 5) is 10.7. The molecule has 2 N–H and O–H groups in total. The van der Waals surface area contributed by atoms with Crippen molar-refractivity contribution >= 4 is 22.1 Å². The minimum Gasteiger partial charge on any atom is -0.857 e. The number of hydrogen-bond donors (Lipinski definition) is 2. The molecule has 0 amide bonds. The second-order valence-electron chi connectivity index (χ2n) is 11.4. The van der Waals surface area contributed by atoms with Crippen LogP contribution in [0.2, 0.25) is 49.4 Å². The molecule has 8 heteroatoms. The molecule has 0 radical (unpaired) electrons. The minimum atomic E-state index is -1.14. The largest absolute Gasteiger partial charge is 1.00 e. The molecule has 5 nitrogen and oxygen atoms in total. The zero-order valence-electron chi connectivity index (χ0n) is 25.3. The van der Waals surface area contributed by atoms with Gasteiger partial charge in [0.15, 0.2) is 0 Å². The fourth-order valence-electron chi connectivity index (χ4n) is 5.94. The molecule has 0 saturated heterocycles. The van der Waals surface area contributed by atoms with E-state index in [0.29, 0.717) is 13.2 Å². The molecule has 4 unspecified atom stereocenters. The van der Waals surface area contributed by atoms with E-state index in [-0.39, 0.29) is 35.5 Å². The summed E-state index contributed by atoms with van der Waals surface area (Å²) in [5.41, 5.74) is 0. The molecule has 0 spiro atoms. The number of carbonyl (C=O) groups excluding carboxylic acids is 1. The van der Waals surface area contributed by atoms with Crippen molar-refractivity contribution in [2.24, 2.45) is 23.7 Å². The van der Waals surface area contributed by atoms with E-state index in [1.165, 1.54) is 43.2 Å². The normalized spacial score (nSPS) is 30.9. The second-order valence-corrected chi connectivity index (χ2v) is 21.3. The quantitative estimate of drug-likeness (QED) is 0.219. The number of aliphatic hydroxyl groups excluding tert-OH is 2. The van der Waals surface area contributed by atoms with Crippen LogP contribution >= 0.6 is 0 Å². The Balaban J connectivity index is -0.000000525. The predicted molar refractivity (Wildman–Crippen MR) is 154 cm³/mol. The molecule has 0 bridgehead atoms. The fourth-order valence-corrected chi connectivity index (χ4v) is 15.9. The van der Waals surface area contributed by atoms with Gasteiger partial charge in [-0.1, -0.05) is 101 Å². The van der Waals surface area contributed by atoms with Crippen LogP contribution < -0.4 is 34.7 Å². The number of rotatable bonds is 7. The molecule has 0 saturated carbocycles. The molecule has 0 aromatic carbocycles. The minimum absolute atomic E-state index is 0. The van der Waals surface area contributed by atoms with E-state index >= 15 is 0 Å². The summed E-state index contributed by atoms with van der Waals surface area (Å²) in [5, 5.41) is 24.2. The molecule has 0 aliphatic carbocycles. The van der Waals surface area contributed by atoms with Crippen LogP contribution in [-0.2, 0) is 9.53 Å². The molecule has 0 aromatic heterocycles. The summed E-state index contributed by atoms with van der Waals surface area (Å²) in [6, 6.07) is 8.18. The smallest absolute Gasteiger partial charge is 0.857 e. The van der Waals surface area contributed by atoms with E-state index in [1.807, 2.05) is 0 Å². The van der Waals surface area contributed by atoms with Crippen molar-refractivity contribution in [1.29, 1.82) is 0 Å². The number of carbonyl (C=O) groups is 1. The van der Waals surface area contributed by atoms with E-state index in [0.717, 1.165) is 50.7 Å². The van der Waals surface area contributed by atoms with Crippen LogP contribution in [0.1, 0.15) is 47.5 Å². The Bertz CT molecular complexity index is 572. The van der Waals surface area contributed by atoms with Crippen LogP contribution in [0.25, 0.3) is 0 Å². The van der Waals surface area contributed by atoms with Crippen LogP contribution in [-0.4, -0.2) is 59.8 Å². The average molecular weight is 553 g/mol. The van der Waals surface area contributed by atoms with Gasteiger partial charge in [0.05, 0.1) is 22.8 Å². The molecule has 208 valence electrons. The van der Waals surface area contributed by atoms with Crippen molar-refractivity contribution in [3.05, 3.63) is 24.3 Å². The Morgan fingerprint density at radius 2 is 1.11 bits per heavy atom. The first-order chi connectivity index (χ1) is 16.5. The summed E-state index contributed by atoms with van der Waals surface area (Å²) >= 11 is 0. The molecule has 2 heterocycles. The van der Waals surface area contributed by atoms with Gasteiger partial charge in [0.1, 0.15) is 0 Å². The van der Waals surface area contributed by atoms with Gasteiger partial charge in [-0.2, -0.15) is 7.11 Å². The molecule has 0 aromatic rings. The van der Waals surface area contributed by atoms with Gasteiger partial charge >= 0.3 is 35.5 Å². The van der Waals surface area contributed by atoms with Crippen LogP contribution in [0.4, 0.5) is 0 Å². The molecule has 2 aliphatic heterocycles. The zero-order chi connectivity index (χ0) is 27.5. The van der Waals surface area contributed by atoms with Gasteiger partial charge in [0.2, 0.25) is 0 Å². The third kappa shape index (κ3) is 20.3. The first kappa shape index (κ1) is 40.8. The van der Waals surface area contributed by atoms with E-state index < -0.39 is 16.1 Å². The van der Waals surface area contributed by atoms with Gasteiger partial charge in [-0.3, -0.25) is 4.79 Å². The van der Waals surface area contributed by atoms with Crippen molar-refractivity contribution < 1.29 is 54.4 Å². The van der Waals surface area contributed by atoms with Crippen LogP contribution in [0.3, 0.4) is 0 Å². The number of hydrogen-bond acceptors (Lipinski definition) is 5. The Morgan fingerprint density at radius 3 is 1.39 bits per heavy atom. The molecule has 36 heavy (non-hydrogen) atoms. The van der Waals surface area contributed by atoms with Crippen molar-refractivity contribution in [3.63, 3.8) is 0 Å². The van der Waals surface area contributed by atoms with E-state index in [4.69, 9.17) is 20.1 Å². The standard InChI is InChI=1S/C14H26O2Si.C12H24OSi.CH4O.CH3O.Na/c1-12-6-7-13(2)11-17(4,10-12)9-5-8-16-14(3)15;1-11-5-6-12(2)10-14(3,9-11)8-4-7-13;2*1-2;/h6-7,12-13H,5,8-11H2,1-4H3;5-6,11-13H,4,7-10H2,1-3H3;2H,1H3;1H3;/q;;;-1;+1. The molecular formula is C28H57NaO5Si2. The van der Waals surface area contributed by atoms with Gasteiger partial charge in [0.25, 0.3) is 0 Å². The predicted octanol–water partition coefficient (Wildman–Crippen LogP) is 2.74. The van der Waals surface area contributed by atoms with Crippen molar-refractivity contribution in [1.82, 2.24) is 0 Å². The second kappa shape index (κ2) is 23.2. The number of allylic oxidation sites excluding steroid dienone is 4. The van der Waals surface area contributed by atoms with Gasteiger partial charge in [-0.05, 0) is 36.5 Å². The Kier molecular flexibility index (Phi) is 26.2. The first-order valence-corrected chi connectivity index (χ1v) is 19.7. The van der Waals surface area contributed by atoms with E-state index in [9.17, 15) is 4.79 Å². The third-order valence-electron chi connectivity index (χ3n) is 6.96.